The minimum absolute atomic E-state index is 0.362. The van der Waals surface area contributed by atoms with Crippen molar-refractivity contribution in [2.75, 3.05) is 19.8 Å². The van der Waals surface area contributed by atoms with Crippen LogP contribution in [0, 0.1) is 0 Å². The maximum atomic E-state index is 11.3. The largest absolute Gasteiger partial charge is 0.494 e. The first-order valence-electron chi connectivity index (χ1n) is 6.45. The number of carbonyl (C=O) groups excluding carboxylic acids is 1. The van der Waals surface area contributed by atoms with E-state index in [1.54, 1.807) is 13.0 Å². The van der Waals surface area contributed by atoms with Gasteiger partial charge in [-0.1, -0.05) is 0 Å². The lowest BCUT2D eigenvalue weighted by Gasteiger charge is -2.10. The summed E-state index contributed by atoms with van der Waals surface area (Å²) in [5.74, 6) is 1.09. The SMILES string of the molecule is CCOC(=O)C=Cc1cc(OCC)ccc1OCC. The molecular formula is C15H20O4. The molecule has 0 saturated heterocycles. The van der Waals surface area contributed by atoms with E-state index in [2.05, 4.69) is 0 Å². The molecule has 0 aliphatic carbocycles. The molecule has 0 bridgehead atoms. The van der Waals surface area contributed by atoms with Gasteiger partial charge in [0, 0.05) is 11.6 Å². The van der Waals surface area contributed by atoms with Gasteiger partial charge < -0.3 is 14.2 Å². The molecule has 0 saturated carbocycles. The summed E-state index contributed by atoms with van der Waals surface area (Å²) >= 11 is 0. The molecule has 0 aromatic heterocycles. The van der Waals surface area contributed by atoms with Crippen molar-refractivity contribution in [3.05, 3.63) is 29.8 Å². The van der Waals surface area contributed by atoms with E-state index in [1.807, 2.05) is 32.0 Å². The average molecular weight is 264 g/mol. The van der Waals surface area contributed by atoms with Crippen LogP contribution >= 0.6 is 0 Å². The van der Waals surface area contributed by atoms with Crippen molar-refractivity contribution >= 4 is 12.0 Å². The van der Waals surface area contributed by atoms with Crippen LogP contribution in [0.15, 0.2) is 24.3 Å². The number of rotatable bonds is 7. The van der Waals surface area contributed by atoms with E-state index >= 15 is 0 Å². The lowest BCUT2D eigenvalue weighted by molar-refractivity contribution is -0.137. The van der Waals surface area contributed by atoms with Crippen molar-refractivity contribution in [3.8, 4) is 11.5 Å². The summed E-state index contributed by atoms with van der Waals surface area (Å²) in [6, 6.07) is 5.51. The zero-order chi connectivity index (χ0) is 14.1. The highest BCUT2D eigenvalue weighted by molar-refractivity contribution is 5.87. The number of hydrogen-bond acceptors (Lipinski definition) is 4. The molecule has 4 nitrogen and oxygen atoms in total. The molecule has 0 unspecified atom stereocenters. The Kier molecular flexibility index (Phi) is 6.50. The lowest BCUT2D eigenvalue weighted by Crippen LogP contribution is -1.99. The molecular weight excluding hydrogens is 244 g/mol. The van der Waals surface area contributed by atoms with Crippen molar-refractivity contribution in [2.45, 2.75) is 20.8 Å². The van der Waals surface area contributed by atoms with Gasteiger partial charge in [-0.15, -0.1) is 0 Å². The summed E-state index contributed by atoms with van der Waals surface area (Å²) in [6.07, 6.45) is 3.06. The first kappa shape index (κ1) is 15.1. The zero-order valence-corrected chi connectivity index (χ0v) is 11.6. The highest BCUT2D eigenvalue weighted by atomic mass is 16.5. The smallest absolute Gasteiger partial charge is 0.330 e. The van der Waals surface area contributed by atoms with Gasteiger partial charge in [-0.3, -0.25) is 0 Å². The van der Waals surface area contributed by atoms with Gasteiger partial charge in [0.25, 0.3) is 0 Å². The highest BCUT2D eigenvalue weighted by Crippen LogP contribution is 2.25. The molecule has 0 radical (unpaired) electrons. The highest BCUT2D eigenvalue weighted by Gasteiger charge is 2.04. The molecule has 0 aliphatic rings. The second kappa shape index (κ2) is 8.19. The summed E-state index contributed by atoms with van der Waals surface area (Å²) in [7, 11) is 0. The van der Waals surface area contributed by atoms with Gasteiger partial charge in [-0.05, 0) is 45.0 Å². The molecule has 0 aliphatic heterocycles. The summed E-state index contributed by atoms with van der Waals surface area (Å²) in [6.45, 7) is 7.12. The standard InChI is InChI=1S/C15H20O4/c1-4-17-13-8-9-14(18-5-2)12(11-13)7-10-15(16)19-6-3/h7-11H,4-6H2,1-3H3. The van der Waals surface area contributed by atoms with Crippen LogP contribution in [-0.4, -0.2) is 25.8 Å². The summed E-state index contributed by atoms with van der Waals surface area (Å²) in [5, 5.41) is 0. The maximum absolute atomic E-state index is 11.3. The molecule has 0 fully saturated rings. The second-order valence-corrected chi connectivity index (χ2v) is 3.65. The van der Waals surface area contributed by atoms with Crippen LogP contribution in [0.1, 0.15) is 26.3 Å². The van der Waals surface area contributed by atoms with E-state index in [-0.39, 0.29) is 5.97 Å². The molecule has 0 N–H and O–H groups in total. The van der Waals surface area contributed by atoms with E-state index in [9.17, 15) is 4.79 Å². The Bertz CT molecular complexity index is 438. The minimum Gasteiger partial charge on any atom is -0.494 e. The van der Waals surface area contributed by atoms with Crippen molar-refractivity contribution in [3.63, 3.8) is 0 Å². The topological polar surface area (TPSA) is 44.8 Å². The molecule has 0 amide bonds. The Balaban J connectivity index is 2.93. The Hall–Kier alpha value is -1.97. The molecule has 4 heteroatoms. The van der Waals surface area contributed by atoms with Crippen molar-refractivity contribution in [2.24, 2.45) is 0 Å². The zero-order valence-electron chi connectivity index (χ0n) is 11.6. The van der Waals surface area contributed by atoms with Gasteiger partial charge in [0.15, 0.2) is 0 Å². The quantitative estimate of drug-likeness (QED) is 0.561. The van der Waals surface area contributed by atoms with Gasteiger partial charge in [0.2, 0.25) is 0 Å². The Morgan fingerprint density at radius 2 is 1.84 bits per heavy atom. The summed E-state index contributed by atoms with van der Waals surface area (Å²) in [5.41, 5.74) is 0.792. The fourth-order valence-electron chi connectivity index (χ4n) is 1.55. The predicted molar refractivity (Wildman–Crippen MR) is 74.4 cm³/mol. The lowest BCUT2D eigenvalue weighted by atomic mass is 10.1. The van der Waals surface area contributed by atoms with E-state index in [0.29, 0.717) is 25.6 Å². The van der Waals surface area contributed by atoms with Crippen LogP contribution in [0.3, 0.4) is 0 Å². The van der Waals surface area contributed by atoms with E-state index in [4.69, 9.17) is 14.2 Å². The maximum Gasteiger partial charge on any atom is 0.330 e. The number of ether oxygens (including phenoxy) is 3. The third-order valence-corrected chi connectivity index (χ3v) is 2.28. The van der Waals surface area contributed by atoms with Crippen LogP contribution in [0.5, 0.6) is 11.5 Å². The third kappa shape index (κ3) is 5.04. The van der Waals surface area contributed by atoms with E-state index in [0.717, 1.165) is 11.3 Å². The molecule has 1 rings (SSSR count). The molecule has 19 heavy (non-hydrogen) atoms. The summed E-state index contributed by atoms with van der Waals surface area (Å²) < 4.78 is 15.8. The van der Waals surface area contributed by atoms with Gasteiger partial charge in [0.05, 0.1) is 19.8 Å². The number of hydrogen-bond donors (Lipinski definition) is 0. The van der Waals surface area contributed by atoms with Gasteiger partial charge in [-0.2, -0.15) is 0 Å². The first-order valence-corrected chi connectivity index (χ1v) is 6.45. The monoisotopic (exact) mass is 264 g/mol. The molecule has 0 spiro atoms. The fourth-order valence-corrected chi connectivity index (χ4v) is 1.55. The van der Waals surface area contributed by atoms with Crippen LogP contribution in [-0.2, 0) is 9.53 Å². The van der Waals surface area contributed by atoms with Crippen LogP contribution < -0.4 is 9.47 Å². The normalized spacial score (nSPS) is 10.5. The molecule has 1 aromatic carbocycles. The van der Waals surface area contributed by atoms with Gasteiger partial charge in [0.1, 0.15) is 11.5 Å². The Morgan fingerprint density at radius 3 is 2.47 bits per heavy atom. The van der Waals surface area contributed by atoms with Crippen LogP contribution in [0.25, 0.3) is 6.08 Å². The molecule has 0 heterocycles. The third-order valence-electron chi connectivity index (χ3n) is 2.28. The predicted octanol–water partition coefficient (Wildman–Crippen LogP) is 3.06. The molecule has 0 atom stereocenters. The average Bonchev–Trinajstić information content (AvgIpc) is 2.40. The number of carbonyl (C=O) groups is 1. The second-order valence-electron chi connectivity index (χ2n) is 3.65. The Morgan fingerprint density at radius 1 is 1.11 bits per heavy atom. The van der Waals surface area contributed by atoms with Gasteiger partial charge >= 0.3 is 5.97 Å². The fraction of sp³-hybridized carbons (Fsp3) is 0.400. The van der Waals surface area contributed by atoms with E-state index in [1.165, 1.54) is 6.08 Å². The summed E-state index contributed by atoms with van der Waals surface area (Å²) in [4.78, 5) is 11.3. The van der Waals surface area contributed by atoms with Crippen molar-refractivity contribution < 1.29 is 19.0 Å². The van der Waals surface area contributed by atoms with Gasteiger partial charge in [-0.25, -0.2) is 4.79 Å². The molecule has 104 valence electrons. The van der Waals surface area contributed by atoms with Crippen molar-refractivity contribution in [1.29, 1.82) is 0 Å². The minimum atomic E-state index is -0.369. The number of benzene rings is 1. The Labute approximate surface area is 114 Å². The van der Waals surface area contributed by atoms with E-state index < -0.39 is 0 Å². The number of esters is 1. The van der Waals surface area contributed by atoms with Crippen LogP contribution in [0.2, 0.25) is 0 Å². The molecule has 1 aromatic rings. The van der Waals surface area contributed by atoms with Crippen LogP contribution in [0.4, 0.5) is 0 Å². The first-order chi connectivity index (χ1) is 9.21. The van der Waals surface area contributed by atoms with Crippen molar-refractivity contribution in [1.82, 2.24) is 0 Å².